The van der Waals surface area contributed by atoms with Crippen LogP contribution < -0.4 is 19.7 Å². The lowest BCUT2D eigenvalue weighted by Crippen LogP contribution is -2.54. The molecular weight excluding hydrogens is 412 g/mol. The fraction of sp³-hybridized carbons (Fsp3) is 0.190. The second-order valence-electron chi connectivity index (χ2n) is 6.51. The molecule has 0 radical (unpaired) electrons. The van der Waals surface area contributed by atoms with Gasteiger partial charge in [-0.3, -0.25) is 19.8 Å². The zero-order valence-corrected chi connectivity index (χ0v) is 17.6. The molecule has 150 valence electrons. The Hall–Kier alpha value is -2.90. The van der Waals surface area contributed by atoms with Crippen LogP contribution >= 0.6 is 23.8 Å². The largest absolute Gasteiger partial charge is 0.497 e. The first-order chi connectivity index (χ1) is 13.8. The maximum absolute atomic E-state index is 13.0. The summed E-state index contributed by atoms with van der Waals surface area (Å²) in [5, 5.41) is 2.95. The van der Waals surface area contributed by atoms with Gasteiger partial charge >= 0.3 is 0 Å². The molecule has 6 nitrogen and oxygen atoms in total. The Balaban J connectivity index is 1.93. The molecule has 2 amide bonds. The van der Waals surface area contributed by atoms with E-state index in [1.807, 2.05) is 13.8 Å². The number of benzene rings is 2. The van der Waals surface area contributed by atoms with Gasteiger partial charge in [-0.2, -0.15) is 0 Å². The Morgan fingerprint density at radius 1 is 1.14 bits per heavy atom. The van der Waals surface area contributed by atoms with Crippen LogP contribution in [0.4, 0.5) is 5.69 Å². The number of nitrogens with zero attached hydrogens (tertiary/aromatic N) is 1. The summed E-state index contributed by atoms with van der Waals surface area (Å²) in [5.74, 6) is 0.0810. The molecule has 0 aliphatic carbocycles. The first-order valence-electron chi connectivity index (χ1n) is 8.82. The van der Waals surface area contributed by atoms with Crippen molar-refractivity contribution in [3.8, 4) is 11.5 Å². The smallest absolute Gasteiger partial charge is 0.270 e. The van der Waals surface area contributed by atoms with Crippen LogP contribution in [0.3, 0.4) is 0 Å². The lowest BCUT2D eigenvalue weighted by molar-refractivity contribution is -0.122. The summed E-state index contributed by atoms with van der Waals surface area (Å²) in [6, 6.07) is 11.8. The van der Waals surface area contributed by atoms with Crippen molar-refractivity contribution in [1.29, 1.82) is 0 Å². The molecule has 1 aliphatic rings. The Morgan fingerprint density at radius 3 is 2.41 bits per heavy atom. The maximum Gasteiger partial charge on any atom is 0.270 e. The molecule has 0 spiro atoms. The number of anilines is 1. The maximum atomic E-state index is 13.0. The summed E-state index contributed by atoms with van der Waals surface area (Å²) in [4.78, 5) is 26.7. The van der Waals surface area contributed by atoms with E-state index in [0.29, 0.717) is 27.8 Å². The van der Waals surface area contributed by atoms with Crippen LogP contribution in [0.15, 0.2) is 48.0 Å². The van der Waals surface area contributed by atoms with Gasteiger partial charge in [0.2, 0.25) is 0 Å². The van der Waals surface area contributed by atoms with Crippen LogP contribution in [0.2, 0.25) is 5.02 Å². The van der Waals surface area contributed by atoms with Crippen molar-refractivity contribution in [3.05, 3.63) is 58.6 Å². The van der Waals surface area contributed by atoms with Gasteiger partial charge < -0.3 is 9.47 Å². The van der Waals surface area contributed by atoms with E-state index < -0.39 is 11.8 Å². The quantitative estimate of drug-likeness (QED) is 0.441. The van der Waals surface area contributed by atoms with Gasteiger partial charge in [0, 0.05) is 0 Å². The third-order valence-electron chi connectivity index (χ3n) is 4.06. The second kappa shape index (κ2) is 8.63. The van der Waals surface area contributed by atoms with E-state index in [4.69, 9.17) is 33.3 Å². The number of nitrogens with one attached hydrogen (secondary N) is 1. The van der Waals surface area contributed by atoms with Gasteiger partial charge in [-0.05, 0) is 74.1 Å². The molecule has 0 atom stereocenters. The van der Waals surface area contributed by atoms with Gasteiger partial charge in [-0.25, -0.2) is 0 Å². The van der Waals surface area contributed by atoms with Gasteiger partial charge in [-0.15, -0.1) is 0 Å². The van der Waals surface area contributed by atoms with Crippen molar-refractivity contribution in [2.75, 3.05) is 12.0 Å². The Kier molecular flexibility index (Phi) is 6.20. The molecule has 8 heteroatoms. The zero-order valence-electron chi connectivity index (χ0n) is 16.1. The van der Waals surface area contributed by atoms with Crippen molar-refractivity contribution >= 4 is 52.5 Å². The molecule has 3 rings (SSSR count). The number of thiocarbonyl (C=S) groups is 1. The van der Waals surface area contributed by atoms with Crippen LogP contribution in [0, 0.1) is 0 Å². The molecule has 1 fully saturated rings. The summed E-state index contributed by atoms with van der Waals surface area (Å²) in [6.07, 6.45) is 1.45. The van der Waals surface area contributed by atoms with E-state index in [1.165, 1.54) is 11.0 Å². The minimum Gasteiger partial charge on any atom is -0.497 e. The predicted molar refractivity (Wildman–Crippen MR) is 116 cm³/mol. The lowest BCUT2D eigenvalue weighted by atomic mass is 10.1. The van der Waals surface area contributed by atoms with Crippen LogP contribution in [0.1, 0.15) is 19.4 Å². The van der Waals surface area contributed by atoms with Crippen LogP contribution in [-0.4, -0.2) is 30.1 Å². The number of rotatable bonds is 5. The van der Waals surface area contributed by atoms with Gasteiger partial charge in [0.15, 0.2) is 5.11 Å². The Labute approximate surface area is 179 Å². The molecular formula is C21H19ClN2O4S. The molecule has 1 saturated heterocycles. The second-order valence-corrected chi connectivity index (χ2v) is 7.31. The summed E-state index contributed by atoms with van der Waals surface area (Å²) in [7, 11) is 1.55. The van der Waals surface area contributed by atoms with E-state index in [-0.39, 0.29) is 16.8 Å². The van der Waals surface area contributed by atoms with Gasteiger partial charge in [-0.1, -0.05) is 17.7 Å². The van der Waals surface area contributed by atoms with Crippen molar-refractivity contribution in [2.45, 2.75) is 20.0 Å². The Bertz CT molecular complexity index is 1000. The van der Waals surface area contributed by atoms with Crippen molar-refractivity contribution < 1.29 is 19.1 Å². The highest BCUT2D eigenvalue weighted by Gasteiger charge is 2.34. The van der Waals surface area contributed by atoms with E-state index in [1.54, 1.807) is 49.6 Å². The standard InChI is InChI=1S/C21H19ClN2O4S/c1-12(2)28-18-9-4-13(11-17(18)22)10-16-19(25)23-21(29)24(20(16)26)14-5-7-15(27-3)8-6-14/h4-12H,1-3H3,(H,23,25,29). The average Bonchev–Trinajstić information content (AvgIpc) is 2.67. The monoisotopic (exact) mass is 430 g/mol. The molecule has 2 aromatic carbocycles. The van der Waals surface area contributed by atoms with Crippen LogP contribution in [0.25, 0.3) is 6.08 Å². The predicted octanol–water partition coefficient (Wildman–Crippen LogP) is 3.97. The van der Waals surface area contributed by atoms with Crippen LogP contribution in [-0.2, 0) is 9.59 Å². The number of carbonyl (C=O) groups excluding carboxylic acids is 2. The average molecular weight is 431 g/mol. The molecule has 0 unspecified atom stereocenters. The highest BCUT2D eigenvalue weighted by molar-refractivity contribution is 7.80. The zero-order chi connectivity index (χ0) is 21.1. The molecule has 0 saturated carbocycles. The van der Waals surface area contributed by atoms with E-state index in [2.05, 4.69) is 5.32 Å². The number of methoxy groups -OCH3 is 1. The summed E-state index contributed by atoms with van der Waals surface area (Å²) >= 11 is 11.5. The highest BCUT2D eigenvalue weighted by atomic mass is 35.5. The minimum absolute atomic E-state index is 0.0148. The summed E-state index contributed by atoms with van der Waals surface area (Å²) < 4.78 is 10.7. The third-order valence-corrected chi connectivity index (χ3v) is 4.64. The third kappa shape index (κ3) is 4.58. The normalized spacial score (nSPS) is 15.7. The first kappa shape index (κ1) is 20.8. The summed E-state index contributed by atoms with van der Waals surface area (Å²) in [5.41, 5.74) is 1.06. The molecule has 1 heterocycles. The van der Waals surface area contributed by atoms with Gasteiger partial charge in [0.1, 0.15) is 17.1 Å². The number of ether oxygens (including phenoxy) is 2. The number of carbonyl (C=O) groups is 2. The van der Waals surface area contributed by atoms with Crippen molar-refractivity contribution in [2.24, 2.45) is 0 Å². The van der Waals surface area contributed by atoms with Crippen molar-refractivity contribution in [1.82, 2.24) is 5.32 Å². The summed E-state index contributed by atoms with van der Waals surface area (Å²) in [6.45, 7) is 3.79. The fourth-order valence-corrected chi connectivity index (χ4v) is 3.26. The SMILES string of the molecule is COc1ccc(N2C(=O)C(=Cc3ccc(OC(C)C)c(Cl)c3)C(=O)NC2=S)cc1. The van der Waals surface area contributed by atoms with E-state index >= 15 is 0 Å². The lowest BCUT2D eigenvalue weighted by Gasteiger charge is -2.29. The number of amides is 2. The molecule has 1 N–H and O–H groups in total. The van der Waals surface area contributed by atoms with Crippen LogP contribution in [0.5, 0.6) is 11.5 Å². The van der Waals surface area contributed by atoms with E-state index in [9.17, 15) is 9.59 Å². The molecule has 2 aromatic rings. The highest BCUT2D eigenvalue weighted by Crippen LogP contribution is 2.29. The van der Waals surface area contributed by atoms with Gasteiger partial charge in [0.05, 0.1) is 23.9 Å². The topological polar surface area (TPSA) is 67.9 Å². The minimum atomic E-state index is -0.566. The number of halogens is 1. The number of hydrogen-bond donors (Lipinski definition) is 1. The molecule has 0 aromatic heterocycles. The van der Waals surface area contributed by atoms with E-state index in [0.717, 1.165) is 0 Å². The number of hydrogen-bond acceptors (Lipinski definition) is 5. The first-order valence-corrected chi connectivity index (χ1v) is 9.60. The Morgan fingerprint density at radius 2 is 1.83 bits per heavy atom. The van der Waals surface area contributed by atoms with Gasteiger partial charge in [0.25, 0.3) is 11.8 Å². The molecule has 29 heavy (non-hydrogen) atoms. The molecule has 0 bridgehead atoms. The van der Waals surface area contributed by atoms with Crippen molar-refractivity contribution in [3.63, 3.8) is 0 Å². The molecule has 1 aliphatic heterocycles. The fourth-order valence-electron chi connectivity index (χ4n) is 2.75.